The molecule has 1 aliphatic rings. The number of hydrogen-bond donors (Lipinski definition) is 1. The third-order valence-electron chi connectivity index (χ3n) is 3.83. The molecule has 0 saturated heterocycles. The smallest absolute Gasteiger partial charge is 0.407 e. The molecule has 0 saturated carbocycles. The largest absolute Gasteiger partial charge is 0.465 e. The predicted octanol–water partition coefficient (Wildman–Crippen LogP) is 3.19. The summed E-state index contributed by atoms with van der Waals surface area (Å²) in [7, 11) is 0. The van der Waals surface area contributed by atoms with Crippen molar-refractivity contribution in [3.8, 4) is 6.07 Å². The number of carboxylic acid groups (broad SMARTS) is 1. The van der Waals surface area contributed by atoms with Gasteiger partial charge in [0, 0.05) is 11.6 Å². The molecular weight excluding hydrogens is 252 g/mol. The number of fused-ring (bicyclic) bond motifs is 1. The van der Waals surface area contributed by atoms with E-state index in [0.29, 0.717) is 5.56 Å². The SMILES string of the molecule is CC(C)(C)N(C(=O)O)C1CCc2cc(C#N)ccc2C1. The van der Waals surface area contributed by atoms with E-state index >= 15 is 0 Å². The van der Waals surface area contributed by atoms with Gasteiger partial charge in [-0.3, -0.25) is 0 Å². The van der Waals surface area contributed by atoms with Crippen molar-refractivity contribution in [1.29, 1.82) is 5.26 Å². The van der Waals surface area contributed by atoms with Crippen LogP contribution in [0.5, 0.6) is 0 Å². The van der Waals surface area contributed by atoms with Gasteiger partial charge in [0.15, 0.2) is 0 Å². The summed E-state index contributed by atoms with van der Waals surface area (Å²) in [6.07, 6.45) is 1.51. The van der Waals surface area contributed by atoms with E-state index in [-0.39, 0.29) is 6.04 Å². The molecule has 4 nitrogen and oxygen atoms in total. The van der Waals surface area contributed by atoms with Crippen LogP contribution in [0.2, 0.25) is 0 Å². The number of hydrogen-bond acceptors (Lipinski definition) is 2. The Balaban J connectivity index is 2.27. The van der Waals surface area contributed by atoms with Gasteiger partial charge in [-0.2, -0.15) is 5.26 Å². The van der Waals surface area contributed by atoms with E-state index in [1.165, 1.54) is 5.56 Å². The monoisotopic (exact) mass is 272 g/mol. The topological polar surface area (TPSA) is 64.3 Å². The molecule has 1 aliphatic carbocycles. The van der Waals surface area contributed by atoms with Crippen molar-refractivity contribution >= 4 is 6.09 Å². The number of amides is 1. The van der Waals surface area contributed by atoms with Crippen molar-refractivity contribution in [2.45, 2.75) is 51.6 Å². The zero-order chi connectivity index (χ0) is 14.9. The second-order valence-electron chi connectivity index (χ2n) is 6.32. The van der Waals surface area contributed by atoms with Crippen LogP contribution < -0.4 is 0 Å². The van der Waals surface area contributed by atoms with E-state index < -0.39 is 11.6 Å². The molecule has 0 aliphatic heterocycles. The minimum absolute atomic E-state index is 0.00735. The average Bonchev–Trinajstić information content (AvgIpc) is 2.36. The van der Waals surface area contributed by atoms with E-state index in [0.717, 1.165) is 24.8 Å². The van der Waals surface area contributed by atoms with Crippen LogP contribution in [0.4, 0.5) is 4.79 Å². The van der Waals surface area contributed by atoms with Crippen molar-refractivity contribution in [1.82, 2.24) is 4.90 Å². The minimum Gasteiger partial charge on any atom is -0.465 e. The zero-order valence-corrected chi connectivity index (χ0v) is 12.2. The third kappa shape index (κ3) is 2.77. The second kappa shape index (κ2) is 5.16. The maximum absolute atomic E-state index is 11.5. The number of nitrogens with zero attached hydrogens (tertiary/aromatic N) is 2. The Bertz CT molecular complexity index is 567. The Hall–Kier alpha value is -2.02. The maximum atomic E-state index is 11.5. The highest BCUT2D eigenvalue weighted by molar-refractivity contribution is 5.66. The van der Waals surface area contributed by atoms with Crippen LogP contribution in [0.1, 0.15) is 43.9 Å². The molecule has 1 aromatic rings. The molecule has 0 fully saturated rings. The Morgan fingerprint density at radius 1 is 1.40 bits per heavy atom. The van der Waals surface area contributed by atoms with E-state index in [4.69, 9.17) is 5.26 Å². The number of nitriles is 1. The first kappa shape index (κ1) is 14.4. The van der Waals surface area contributed by atoms with Crippen molar-refractivity contribution in [2.24, 2.45) is 0 Å². The molecule has 0 aromatic heterocycles. The zero-order valence-electron chi connectivity index (χ0n) is 12.2. The molecule has 0 heterocycles. The number of benzene rings is 1. The van der Waals surface area contributed by atoms with Crippen molar-refractivity contribution in [3.05, 3.63) is 34.9 Å². The van der Waals surface area contributed by atoms with Crippen LogP contribution in [0.3, 0.4) is 0 Å². The second-order valence-corrected chi connectivity index (χ2v) is 6.32. The summed E-state index contributed by atoms with van der Waals surface area (Å²) in [5.74, 6) is 0. The van der Waals surface area contributed by atoms with E-state index in [1.807, 2.05) is 39.0 Å². The normalized spacial score (nSPS) is 18.0. The van der Waals surface area contributed by atoms with Gasteiger partial charge in [0.25, 0.3) is 0 Å². The summed E-state index contributed by atoms with van der Waals surface area (Å²) in [6.45, 7) is 5.78. The molecule has 106 valence electrons. The van der Waals surface area contributed by atoms with Gasteiger partial charge >= 0.3 is 6.09 Å². The average molecular weight is 272 g/mol. The molecule has 2 rings (SSSR count). The molecule has 1 aromatic carbocycles. The van der Waals surface area contributed by atoms with E-state index in [1.54, 1.807) is 4.90 Å². The lowest BCUT2D eigenvalue weighted by molar-refractivity contribution is 0.0653. The Labute approximate surface area is 119 Å². The first-order valence-corrected chi connectivity index (χ1v) is 6.87. The van der Waals surface area contributed by atoms with Gasteiger partial charge in [-0.15, -0.1) is 0 Å². The minimum atomic E-state index is -0.861. The third-order valence-corrected chi connectivity index (χ3v) is 3.83. The Morgan fingerprint density at radius 2 is 2.10 bits per heavy atom. The lowest BCUT2D eigenvalue weighted by Crippen LogP contribution is -2.52. The molecule has 0 bridgehead atoms. The van der Waals surface area contributed by atoms with Crippen LogP contribution in [0.15, 0.2) is 18.2 Å². The fourth-order valence-electron chi connectivity index (χ4n) is 3.02. The lowest BCUT2D eigenvalue weighted by atomic mass is 9.85. The fourth-order valence-corrected chi connectivity index (χ4v) is 3.02. The summed E-state index contributed by atoms with van der Waals surface area (Å²) in [4.78, 5) is 13.1. The van der Waals surface area contributed by atoms with Crippen LogP contribution in [0.25, 0.3) is 0 Å². The standard InChI is InChI=1S/C16H20N2O2/c1-16(2,3)18(15(19)20)14-7-6-12-8-11(10-17)4-5-13(12)9-14/h4-5,8,14H,6-7,9H2,1-3H3,(H,19,20). The summed E-state index contributed by atoms with van der Waals surface area (Å²) < 4.78 is 0. The summed E-state index contributed by atoms with van der Waals surface area (Å²) in [5, 5.41) is 18.4. The highest BCUT2D eigenvalue weighted by Crippen LogP contribution is 2.29. The van der Waals surface area contributed by atoms with E-state index in [2.05, 4.69) is 6.07 Å². The summed E-state index contributed by atoms with van der Waals surface area (Å²) in [6, 6.07) is 7.85. The highest BCUT2D eigenvalue weighted by Gasteiger charge is 2.35. The van der Waals surface area contributed by atoms with Gasteiger partial charge in [0.05, 0.1) is 11.6 Å². The van der Waals surface area contributed by atoms with Crippen LogP contribution >= 0.6 is 0 Å². The van der Waals surface area contributed by atoms with Gasteiger partial charge in [0.1, 0.15) is 0 Å². The Kier molecular flexibility index (Phi) is 3.71. The fraction of sp³-hybridized carbons (Fsp3) is 0.500. The van der Waals surface area contributed by atoms with Gasteiger partial charge in [-0.25, -0.2) is 4.79 Å². The Morgan fingerprint density at radius 3 is 2.65 bits per heavy atom. The number of carbonyl (C=O) groups is 1. The van der Waals surface area contributed by atoms with Gasteiger partial charge in [0.2, 0.25) is 0 Å². The van der Waals surface area contributed by atoms with Crippen molar-refractivity contribution in [2.75, 3.05) is 0 Å². The maximum Gasteiger partial charge on any atom is 0.407 e. The molecule has 4 heteroatoms. The lowest BCUT2D eigenvalue weighted by Gasteiger charge is -2.41. The number of aryl methyl sites for hydroxylation is 1. The molecule has 1 atom stereocenters. The first-order valence-electron chi connectivity index (χ1n) is 6.87. The molecule has 1 amide bonds. The molecule has 0 spiro atoms. The molecule has 0 radical (unpaired) electrons. The molecule has 20 heavy (non-hydrogen) atoms. The predicted molar refractivity (Wildman–Crippen MR) is 76.6 cm³/mol. The van der Waals surface area contributed by atoms with Gasteiger partial charge < -0.3 is 10.0 Å². The molecule has 1 unspecified atom stereocenters. The number of rotatable bonds is 1. The quantitative estimate of drug-likeness (QED) is 0.853. The van der Waals surface area contributed by atoms with Crippen molar-refractivity contribution in [3.63, 3.8) is 0 Å². The van der Waals surface area contributed by atoms with Crippen LogP contribution in [-0.2, 0) is 12.8 Å². The van der Waals surface area contributed by atoms with Gasteiger partial charge in [-0.1, -0.05) is 6.07 Å². The summed E-state index contributed by atoms with van der Waals surface area (Å²) >= 11 is 0. The molecular formula is C16H20N2O2. The van der Waals surface area contributed by atoms with Crippen LogP contribution in [0, 0.1) is 11.3 Å². The van der Waals surface area contributed by atoms with Gasteiger partial charge in [-0.05, 0) is 63.3 Å². The van der Waals surface area contributed by atoms with E-state index in [9.17, 15) is 9.90 Å². The summed E-state index contributed by atoms with van der Waals surface area (Å²) in [5.41, 5.74) is 2.61. The molecule has 1 N–H and O–H groups in total. The van der Waals surface area contributed by atoms with Crippen LogP contribution in [-0.4, -0.2) is 27.7 Å². The van der Waals surface area contributed by atoms with Crippen molar-refractivity contribution < 1.29 is 9.90 Å². The highest BCUT2D eigenvalue weighted by atomic mass is 16.4. The first-order chi connectivity index (χ1) is 9.32.